The number of benzene rings is 2. The number of rotatable bonds is 5. The molecular weight excluding hydrogens is 455 g/mol. The number of fused-ring (bicyclic) bond motifs is 1. The monoisotopic (exact) mass is 473 g/mol. The maximum atomic E-state index is 13.8. The quantitative estimate of drug-likeness (QED) is 0.483. The van der Waals surface area contributed by atoms with E-state index in [4.69, 9.17) is 16.9 Å². The highest BCUT2D eigenvalue weighted by molar-refractivity contribution is 6.30. The van der Waals surface area contributed by atoms with Crippen LogP contribution >= 0.6 is 11.6 Å². The van der Waals surface area contributed by atoms with Gasteiger partial charge in [0.25, 0.3) is 5.91 Å². The summed E-state index contributed by atoms with van der Waals surface area (Å²) in [6.45, 7) is 0. The van der Waals surface area contributed by atoms with Crippen LogP contribution in [0.3, 0.4) is 0 Å². The molecule has 1 aliphatic rings. The van der Waals surface area contributed by atoms with Crippen molar-refractivity contribution in [3.05, 3.63) is 76.4 Å². The van der Waals surface area contributed by atoms with Crippen molar-refractivity contribution in [1.82, 2.24) is 9.78 Å². The summed E-state index contributed by atoms with van der Waals surface area (Å²) in [6.07, 6.45) is -3.95. The Morgan fingerprint density at radius 2 is 2.00 bits per heavy atom. The summed E-state index contributed by atoms with van der Waals surface area (Å²) >= 11 is 5.90. The van der Waals surface area contributed by atoms with Crippen molar-refractivity contribution in [3.8, 4) is 6.07 Å². The van der Waals surface area contributed by atoms with Gasteiger partial charge in [0.2, 0.25) is 0 Å². The van der Waals surface area contributed by atoms with E-state index in [2.05, 4.69) is 21.8 Å². The van der Waals surface area contributed by atoms with Crippen LogP contribution in [0.4, 0.5) is 24.7 Å². The summed E-state index contributed by atoms with van der Waals surface area (Å²) in [7, 11) is 0. The van der Waals surface area contributed by atoms with E-state index in [1.807, 2.05) is 6.07 Å². The van der Waals surface area contributed by atoms with Gasteiger partial charge < -0.3 is 10.6 Å². The molecule has 2 heterocycles. The number of hydrogen-bond donors (Lipinski definition) is 2. The first-order chi connectivity index (χ1) is 15.7. The molecular formula is C23H19ClF3N5O. The second kappa shape index (κ2) is 9.16. The highest BCUT2D eigenvalue weighted by Gasteiger charge is 2.46. The van der Waals surface area contributed by atoms with Crippen molar-refractivity contribution in [1.29, 1.82) is 5.26 Å². The largest absolute Gasteiger partial charge is 0.410 e. The van der Waals surface area contributed by atoms with Crippen LogP contribution in [0.5, 0.6) is 0 Å². The molecule has 33 heavy (non-hydrogen) atoms. The zero-order valence-electron chi connectivity index (χ0n) is 17.2. The Bertz CT molecular complexity index is 1200. The van der Waals surface area contributed by atoms with E-state index in [0.717, 1.165) is 10.2 Å². The molecule has 0 radical (unpaired) electrons. The first-order valence-electron chi connectivity index (χ1n) is 10.2. The smallest absolute Gasteiger partial charge is 0.363 e. The predicted octanol–water partition coefficient (Wildman–Crippen LogP) is 5.91. The first-order valence-corrected chi connectivity index (χ1v) is 10.6. The van der Waals surface area contributed by atoms with E-state index in [0.29, 0.717) is 29.1 Å². The standard InChI is InChI=1S/C23H19ClF3N5O/c24-16-8-6-15(7-9-16)18-12-20(23(25,26)27)32-21(30-18)13-19(31-32)22(33)29-17-5-1-3-14(11-17)4-2-10-28/h1,3,5-9,11,13,18,20,30H,2,4,12H2,(H,29,33)/t18-,20+/m1/s1. The second-order valence-corrected chi connectivity index (χ2v) is 8.15. The zero-order chi connectivity index (χ0) is 23.6. The van der Waals surface area contributed by atoms with Gasteiger partial charge in [0, 0.05) is 29.6 Å². The van der Waals surface area contributed by atoms with Crippen LogP contribution in [0.25, 0.3) is 0 Å². The van der Waals surface area contributed by atoms with Crippen LogP contribution in [0.15, 0.2) is 54.6 Å². The van der Waals surface area contributed by atoms with Crippen molar-refractivity contribution in [2.75, 3.05) is 10.6 Å². The number of aromatic nitrogens is 2. The Morgan fingerprint density at radius 3 is 2.70 bits per heavy atom. The zero-order valence-corrected chi connectivity index (χ0v) is 18.0. The molecule has 2 atom stereocenters. The molecule has 10 heteroatoms. The van der Waals surface area contributed by atoms with Gasteiger partial charge in [-0.3, -0.25) is 4.79 Å². The number of hydrogen-bond acceptors (Lipinski definition) is 4. The molecule has 0 saturated carbocycles. The third kappa shape index (κ3) is 5.12. The fraction of sp³-hybridized carbons (Fsp3) is 0.261. The fourth-order valence-corrected chi connectivity index (χ4v) is 3.92. The van der Waals surface area contributed by atoms with Gasteiger partial charge >= 0.3 is 6.18 Å². The highest BCUT2D eigenvalue weighted by atomic mass is 35.5. The number of nitrogens with one attached hydrogen (secondary N) is 2. The van der Waals surface area contributed by atoms with Gasteiger partial charge in [-0.15, -0.1) is 0 Å². The van der Waals surface area contributed by atoms with Gasteiger partial charge in [-0.1, -0.05) is 35.9 Å². The van der Waals surface area contributed by atoms with Crippen LogP contribution in [-0.2, 0) is 6.42 Å². The Morgan fingerprint density at radius 1 is 1.24 bits per heavy atom. The molecule has 1 amide bonds. The van der Waals surface area contributed by atoms with Crippen molar-refractivity contribution in [3.63, 3.8) is 0 Å². The Balaban J connectivity index is 1.59. The minimum atomic E-state index is -4.55. The van der Waals surface area contributed by atoms with Crippen molar-refractivity contribution in [2.24, 2.45) is 0 Å². The van der Waals surface area contributed by atoms with E-state index in [-0.39, 0.29) is 17.9 Å². The molecule has 6 nitrogen and oxygen atoms in total. The van der Waals surface area contributed by atoms with Gasteiger partial charge in [-0.2, -0.15) is 23.5 Å². The third-order valence-electron chi connectivity index (χ3n) is 5.41. The number of carbonyl (C=O) groups excluding carboxylic acids is 1. The molecule has 2 aromatic carbocycles. The van der Waals surface area contributed by atoms with Crippen LogP contribution < -0.4 is 10.6 Å². The highest BCUT2D eigenvalue weighted by Crippen LogP contribution is 2.43. The summed E-state index contributed by atoms with van der Waals surface area (Å²) in [5.41, 5.74) is 1.86. The second-order valence-electron chi connectivity index (χ2n) is 7.71. The number of nitrogens with zero attached hydrogens (tertiary/aromatic N) is 3. The van der Waals surface area contributed by atoms with Crippen molar-refractivity contribution >= 4 is 29.0 Å². The predicted molar refractivity (Wildman–Crippen MR) is 118 cm³/mol. The van der Waals surface area contributed by atoms with Crippen LogP contribution in [0.1, 0.15) is 46.5 Å². The van der Waals surface area contributed by atoms with E-state index in [1.54, 1.807) is 42.5 Å². The number of amides is 1. The van der Waals surface area contributed by atoms with E-state index < -0.39 is 24.2 Å². The fourth-order valence-electron chi connectivity index (χ4n) is 3.80. The summed E-state index contributed by atoms with van der Waals surface area (Å²) in [5.74, 6) is -0.517. The molecule has 4 rings (SSSR count). The lowest BCUT2D eigenvalue weighted by Crippen LogP contribution is -2.35. The van der Waals surface area contributed by atoms with Gasteiger partial charge in [-0.05, 0) is 41.8 Å². The summed E-state index contributed by atoms with van der Waals surface area (Å²) in [5, 5.41) is 18.9. The minimum Gasteiger partial charge on any atom is -0.363 e. The number of anilines is 2. The van der Waals surface area contributed by atoms with E-state index >= 15 is 0 Å². The van der Waals surface area contributed by atoms with Crippen LogP contribution in [-0.4, -0.2) is 21.9 Å². The van der Waals surface area contributed by atoms with Gasteiger partial charge in [0.1, 0.15) is 5.82 Å². The lowest BCUT2D eigenvalue weighted by Gasteiger charge is -2.33. The number of alkyl halides is 3. The topological polar surface area (TPSA) is 82.7 Å². The van der Waals surface area contributed by atoms with Gasteiger partial charge in [0.15, 0.2) is 11.7 Å². The third-order valence-corrected chi connectivity index (χ3v) is 5.66. The maximum absolute atomic E-state index is 13.8. The number of halogens is 4. The molecule has 0 fully saturated rings. The van der Waals surface area contributed by atoms with Crippen molar-refractivity contribution in [2.45, 2.75) is 37.5 Å². The molecule has 1 aromatic heterocycles. The molecule has 0 spiro atoms. The molecule has 0 unspecified atom stereocenters. The van der Waals surface area contributed by atoms with Gasteiger partial charge in [-0.25, -0.2) is 4.68 Å². The lowest BCUT2D eigenvalue weighted by atomic mass is 9.97. The molecule has 0 bridgehead atoms. The molecule has 0 saturated heterocycles. The Hall–Kier alpha value is -3.51. The number of carbonyl (C=O) groups is 1. The average Bonchev–Trinajstić information content (AvgIpc) is 3.21. The van der Waals surface area contributed by atoms with Crippen molar-refractivity contribution < 1.29 is 18.0 Å². The Labute approximate surface area is 193 Å². The molecule has 2 N–H and O–H groups in total. The summed E-state index contributed by atoms with van der Waals surface area (Å²) < 4.78 is 42.4. The normalized spacial score (nSPS) is 17.5. The van der Waals surface area contributed by atoms with Gasteiger partial charge in [0.05, 0.1) is 12.1 Å². The Kier molecular flexibility index (Phi) is 6.29. The molecule has 1 aliphatic heterocycles. The number of aryl methyl sites for hydroxylation is 1. The molecule has 0 aliphatic carbocycles. The molecule has 3 aromatic rings. The summed E-state index contributed by atoms with van der Waals surface area (Å²) in [4.78, 5) is 12.7. The van der Waals surface area contributed by atoms with Crippen LogP contribution in [0, 0.1) is 11.3 Å². The lowest BCUT2D eigenvalue weighted by molar-refractivity contribution is -0.173. The average molecular weight is 474 g/mol. The summed E-state index contributed by atoms with van der Waals surface area (Å²) in [6, 6.07) is 14.4. The van der Waals surface area contributed by atoms with E-state index in [9.17, 15) is 18.0 Å². The van der Waals surface area contributed by atoms with E-state index in [1.165, 1.54) is 6.07 Å². The molecule has 170 valence electrons. The maximum Gasteiger partial charge on any atom is 0.410 e. The SMILES string of the molecule is N#CCCc1cccc(NC(=O)c2cc3n(n2)[C@H](C(F)(F)F)C[C@H](c2ccc(Cl)cc2)N3)c1. The minimum absolute atomic E-state index is 0.108. The first kappa shape index (κ1) is 22.7. The number of nitriles is 1. The van der Waals surface area contributed by atoms with Crippen LogP contribution in [0.2, 0.25) is 5.02 Å².